The molecule has 1 aromatic rings. The molecule has 1 aromatic heterocycles. The first-order valence-corrected chi connectivity index (χ1v) is 10.3. The number of aromatic nitrogens is 1. The Labute approximate surface area is 201 Å². The second-order valence-corrected chi connectivity index (χ2v) is 7.46. The van der Waals surface area contributed by atoms with Gasteiger partial charge in [0.05, 0.1) is 19.3 Å². The Hall–Kier alpha value is -2.98. The molecule has 2 aliphatic rings. The highest BCUT2D eigenvalue weighted by molar-refractivity contribution is 5.94. The molecule has 2 fully saturated rings. The number of halogens is 6. The molecule has 0 aromatic carbocycles. The van der Waals surface area contributed by atoms with Crippen molar-refractivity contribution in [3.63, 3.8) is 0 Å². The molecule has 0 aliphatic carbocycles. The van der Waals surface area contributed by atoms with Crippen LogP contribution in [0.3, 0.4) is 0 Å². The van der Waals surface area contributed by atoms with Crippen molar-refractivity contribution < 1.29 is 60.4 Å². The van der Waals surface area contributed by atoms with E-state index in [1.807, 2.05) is 4.90 Å². The number of carboxylic acid groups (broad SMARTS) is 2. The largest absolute Gasteiger partial charge is 0.490 e. The van der Waals surface area contributed by atoms with Gasteiger partial charge in [-0.05, 0) is 18.6 Å². The summed E-state index contributed by atoms with van der Waals surface area (Å²) < 4.78 is 74.3. The van der Waals surface area contributed by atoms with E-state index >= 15 is 0 Å². The SMILES string of the molecule is COCCO[C@@H]1C[C@H]2CN(C(=O)c3ccncc3)CCN2C1.O=C(O)C(F)(F)F.O=C(O)C(F)(F)F. The molecule has 0 spiro atoms. The van der Waals surface area contributed by atoms with Crippen LogP contribution >= 0.6 is 0 Å². The van der Waals surface area contributed by atoms with E-state index in [0.717, 1.165) is 32.6 Å². The van der Waals surface area contributed by atoms with Crippen LogP contribution in [-0.4, -0.2) is 114 Å². The Balaban J connectivity index is 0.000000383. The number of carbonyl (C=O) groups excluding carboxylic acids is 1. The minimum Gasteiger partial charge on any atom is -0.475 e. The fourth-order valence-corrected chi connectivity index (χ4v) is 3.28. The van der Waals surface area contributed by atoms with Gasteiger partial charge >= 0.3 is 24.3 Å². The smallest absolute Gasteiger partial charge is 0.475 e. The molecule has 2 saturated heterocycles. The van der Waals surface area contributed by atoms with Gasteiger partial charge < -0.3 is 24.6 Å². The summed E-state index contributed by atoms with van der Waals surface area (Å²) >= 11 is 0. The number of rotatable bonds is 5. The van der Waals surface area contributed by atoms with Crippen LogP contribution in [0, 0.1) is 0 Å². The lowest BCUT2D eigenvalue weighted by atomic mass is 10.1. The normalized spacial score (nSPS) is 19.8. The maximum absolute atomic E-state index is 12.5. The van der Waals surface area contributed by atoms with Gasteiger partial charge in [0, 0.05) is 57.3 Å². The number of alkyl halides is 6. The Kier molecular flexibility index (Phi) is 12.0. The van der Waals surface area contributed by atoms with Crippen LogP contribution < -0.4 is 0 Å². The average molecular weight is 533 g/mol. The summed E-state index contributed by atoms with van der Waals surface area (Å²) in [7, 11) is 1.68. The number of methoxy groups -OCH3 is 1. The molecule has 36 heavy (non-hydrogen) atoms. The summed E-state index contributed by atoms with van der Waals surface area (Å²) in [4.78, 5) is 38.7. The molecule has 0 saturated carbocycles. The number of carbonyl (C=O) groups is 3. The number of ether oxygens (including phenoxy) is 2. The van der Waals surface area contributed by atoms with E-state index in [-0.39, 0.29) is 12.0 Å². The van der Waals surface area contributed by atoms with Crippen molar-refractivity contribution in [1.29, 1.82) is 0 Å². The number of fused-ring (bicyclic) bond motifs is 1. The van der Waals surface area contributed by atoms with Gasteiger partial charge in [0.25, 0.3) is 5.91 Å². The predicted octanol–water partition coefficient (Wildman–Crippen LogP) is 1.91. The lowest BCUT2D eigenvalue weighted by Gasteiger charge is -2.37. The second kappa shape index (κ2) is 13.9. The highest BCUT2D eigenvalue weighted by atomic mass is 19.4. The fraction of sp³-hybridized carbons (Fsp3) is 0.600. The van der Waals surface area contributed by atoms with Crippen LogP contribution in [0.15, 0.2) is 24.5 Å². The van der Waals surface area contributed by atoms with Crippen LogP contribution in [0.5, 0.6) is 0 Å². The molecule has 0 unspecified atom stereocenters. The first-order valence-electron chi connectivity index (χ1n) is 10.3. The van der Waals surface area contributed by atoms with Crippen molar-refractivity contribution in [2.24, 2.45) is 0 Å². The number of pyridine rings is 1. The second-order valence-electron chi connectivity index (χ2n) is 7.46. The minimum atomic E-state index is -5.08. The van der Waals surface area contributed by atoms with Crippen molar-refractivity contribution in [2.45, 2.75) is 30.9 Å². The Morgan fingerprint density at radius 1 is 0.972 bits per heavy atom. The third kappa shape index (κ3) is 10.7. The zero-order chi connectivity index (χ0) is 27.5. The molecule has 2 N–H and O–H groups in total. The zero-order valence-electron chi connectivity index (χ0n) is 19.0. The van der Waals surface area contributed by atoms with Crippen LogP contribution in [0.1, 0.15) is 16.8 Å². The third-order valence-corrected chi connectivity index (χ3v) is 4.92. The lowest BCUT2D eigenvalue weighted by Crippen LogP contribution is -2.52. The molecule has 3 heterocycles. The highest BCUT2D eigenvalue weighted by Crippen LogP contribution is 2.25. The van der Waals surface area contributed by atoms with E-state index in [2.05, 4.69) is 9.88 Å². The molecule has 0 radical (unpaired) electrons. The maximum atomic E-state index is 12.5. The number of aliphatic carboxylic acids is 2. The van der Waals surface area contributed by atoms with Gasteiger partial charge in [0.2, 0.25) is 0 Å². The van der Waals surface area contributed by atoms with E-state index in [0.29, 0.717) is 24.8 Å². The third-order valence-electron chi connectivity index (χ3n) is 4.92. The number of carboxylic acids is 2. The van der Waals surface area contributed by atoms with Gasteiger partial charge in [-0.25, -0.2) is 9.59 Å². The number of nitrogens with zero attached hydrogens (tertiary/aromatic N) is 3. The summed E-state index contributed by atoms with van der Waals surface area (Å²) in [6.45, 7) is 4.72. The average Bonchev–Trinajstić information content (AvgIpc) is 3.21. The van der Waals surface area contributed by atoms with Crippen molar-refractivity contribution in [1.82, 2.24) is 14.8 Å². The van der Waals surface area contributed by atoms with Gasteiger partial charge in [-0.15, -0.1) is 0 Å². The van der Waals surface area contributed by atoms with E-state index < -0.39 is 24.3 Å². The summed E-state index contributed by atoms with van der Waals surface area (Å²) in [6.07, 6.45) is -5.59. The minimum absolute atomic E-state index is 0.103. The standard InChI is InChI=1S/C16H23N3O3.2C2HF3O2/c1-21-8-9-22-15-10-14-11-19(7-6-18(14)12-15)16(20)13-2-4-17-5-3-13;2*3-2(4,5)1(6)7/h2-5,14-15H,6-12H2,1H3;2*(H,6,7)/t14-,15+;;/m0../s1. The van der Waals surface area contributed by atoms with Gasteiger partial charge in [0.1, 0.15) is 0 Å². The molecule has 2 aliphatic heterocycles. The first kappa shape index (κ1) is 31.1. The van der Waals surface area contributed by atoms with E-state index in [1.165, 1.54) is 0 Å². The number of amides is 1. The van der Waals surface area contributed by atoms with Gasteiger partial charge in [-0.2, -0.15) is 26.3 Å². The summed E-state index contributed by atoms with van der Waals surface area (Å²) in [5.41, 5.74) is 0.717. The monoisotopic (exact) mass is 533 g/mol. The number of hydrogen-bond acceptors (Lipinski definition) is 7. The van der Waals surface area contributed by atoms with Gasteiger partial charge in [-0.3, -0.25) is 14.7 Å². The van der Waals surface area contributed by atoms with Gasteiger partial charge in [0.15, 0.2) is 0 Å². The number of piperazine rings is 1. The predicted molar refractivity (Wildman–Crippen MR) is 109 cm³/mol. The molecule has 3 rings (SSSR count). The Morgan fingerprint density at radius 3 is 1.97 bits per heavy atom. The van der Waals surface area contributed by atoms with Crippen molar-refractivity contribution in [3.8, 4) is 0 Å². The molecule has 1 amide bonds. The van der Waals surface area contributed by atoms with Crippen molar-refractivity contribution in [2.75, 3.05) is 46.5 Å². The van der Waals surface area contributed by atoms with E-state index in [9.17, 15) is 31.1 Å². The highest BCUT2D eigenvalue weighted by Gasteiger charge is 2.39. The van der Waals surface area contributed by atoms with E-state index in [4.69, 9.17) is 29.3 Å². The molecule has 2 atom stereocenters. The quantitative estimate of drug-likeness (QED) is 0.431. The summed E-state index contributed by atoms with van der Waals surface area (Å²) in [5.74, 6) is -5.41. The zero-order valence-corrected chi connectivity index (χ0v) is 19.0. The topological polar surface area (TPSA) is 130 Å². The molecular formula is C20H25F6N3O7. The van der Waals surface area contributed by atoms with Crippen LogP contribution in [-0.2, 0) is 19.1 Å². The van der Waals surface area contributed by atoms with E-state index in [1.54, 1.807) is 31.6 Å². The molecule has 204 valence electrons. The van der Waals surface area contributed by atoms with Crippen molar-refractivity contribution >= 4 is 17.8 Å². The van der Waals surface area contributed by atoms with Crippen molar-refractivity contribution in [3.05, 3.63) is 30.1 Å². The lowest BCUT2D eigenvalue weighted by molar-refractivity contribution is -0.193. The van der Waals surface area contributed by atoms with Crippen LogP contribution in [0.2, 0.25) is 0 Å². The molecule has 0 bridgehead atoms. The summed E-state index contributed by atoms with van der Waals surface area (Å²) in [5, 5.41) is 14.2. The molecule has 10 nitrogen and oxygen atoms in total. The van der Waals surface area contributed by atoms with Crippen LogP contribution in [0.25, 0.3) is 0 Å². The van der Waals surface area contributed by atoms with Gasteiger partial charge in [-0.1, -0.05) is 0 Å². The fourth-order valence-electron chi connectivity index (χ4n) is 3.28. The summed E-state index contributed by atoms with van der Waals surface area (Å²) in [6, 6.07) is 3.96. The number of hydrogen-bond donors (Lipinski definition) is 2. The van der Waals surface area contributed by atoms with Crippen LogP contribution in [0.4, 0.5) is 26.3 Å². The Bertz CT molecular complexity index is 830. The molecule has 16 heteroatoms. The molecular weight excluding hydrogens is 508 g/mol. The Morgan fingerprint density at radius 2 is 1.50 bits per heavy atom. The first-order chi connectivity index (χ1) is 16.7. The maximum Gasteiger partial charge on any atom is 0.490 e.